The van der Waals surface area contributed by atoms with Crippen LogP contribution in [0.2, 0.25) is 0 Å². The smallest absolute Gasteiger partial charge is 0.121 e. The molecule has 35 heavy (non-hydrogen) atoms. The van der Waals surface area contributed by atoms with Crippen LogP contribution in [0.1, 0.15) is 96.0 Å². The zero-order valence-corrected chi connectivity index (χ0v) is 22.0. The van der Waals surface area contributed by atoms with Crippen LogP contribution in [-0.2, 0) is 0 Å². The first-order valence-corrected chi connectivity index (χ1v) is 14.2. The summed E-state index contributed by atoms with van der Waals surface area (Å²) >= 11 is 0. The minimum Gasteiger partial charge on any atom is -0.497 e. The highest BCUT2D eigenvalue weighted by atomic mass is 16.5. The van der Waals surface area contributed by atoms with Gasteiger partial charge in [0.1, 0.15) is 5.75 Å². The average molecular weight is 473 g/mol. The summed E-state index contributed by atoms with van der Waals surface area (Å²) in [6, 6.07) is 6.36. The lowest BCUT2D eigenvalue weighted by Gasteiger charge is -2.40. The van der Waals surface area contributed by atoms with Crippen LogP contribution >= 0.6 is 0 Å². The van der Waals surface area contributed by atoms with E-state index in [9.17, 15) is 0 Å². The average Bonchev–Trinajstić information content (AvgIpc) is 3.79. The van der Waals surface area contributed by atoms with Gasteiger partial charge in [-0.3, -0.25) is 9.89 Å². The summed E-state index contributed by atoms with van der Waals surface area (Å²) < 4.78 is 5.59. The minimum absolute atomic E-state index is 0.635. The van der Waals surface area contributed by atoms with Gasteiger partial charge in [-0.05, 0) is 119 Å². The molecular formula is C32H44N2O. The Labute approximate surface area is 213 Å². The molecule has 2 spiro atoms. The number of piperidine rings is 1. The standard InChI is InChI=1S/C32H44N2O/c1-3-26-10-8-12-27(13-9-11-26)28-22-29(24-30(23-28)35-2)33-19-6-4-5-7-20-34-21-18-31(14-15-31)25-32(34)16-17-32/h8,10,12-13,19,22-24H,3-7,9,11,14-18,20-21,25H2,1-2H3/b12-8-,26-10?,27-13+,33-19?. The Balaban J connectivity index is 1.09. The number of rotatable bonds is 10. The maximum atomic E-state index is 5.59. The van der Waals surface area contributed by atoms with Crippen LogP contribution < -0.4 is 4.74 Å². The van der Waals surface area contributed by atoms with Crippen molar-refractivity contribution < 1.29 is 4.74 Å². The Morgan fingerprint density at radius 2 is 1.94 bits per heavy atom. The molecule has 0 atom stereocenters. The topological polar surface area (TPSA) is 24.8 Å². The van der Waals surface area contributed by atoms with Crippen LogP contribution in [0.5, 0.6) is 5.75 Å². The SMILES string of the molecule is CCC1=C/C=C\C(c2cc(N=CCCCCCN3CCC4(CC4)CC34CC4)cc(OC)c2)=C/CC1. The maximum Gasteiger partial charge on any atom is 0.121 e. The molecule has 1 heterocycles. The second-order valence-corrected chi connectivity index (χ2v) is 11.5. The fourth-order valence-corrected chi connectivity index (χ4v) is 6.29. The van der Waals surface area contributed by atoms with E-state index < -0.39 is 0 Å². The van der Waals surface area contributed by atoms with E-state index in [2.05, 4.69) is 54.5 Å². The number of aliphatic imine (C=N–C) groups is 1. The van der Waals surface area contributed by atoms with E-state index in [1.807, 2.05) is 6.07 Å². The quantitative estimate of drug-likeness (QED) is 0.252. The number of allylic oxidation sites excluding steroid dienone is 6. The number of nitrogens with zero attached hydrogens (tertiary/aromatic N) is 2. The Morgan fingerprint density at radius 1 is 1.06 bits per heavy atom. The van der Waals surface area contributed by atoms with Crippen molar-refractivity contribution in [2.75, 3.05) is 20.2 Å². The molecule has 2 saturated carbocycles. The van der Waals surface area contributed by atoms with Crippen molar-refractivity contribution in [2.24, 2.45) is 10.4 Å². The molecule has 0 aromatic heterocycles. The van der Waals surface area contributed by atoms with Crippen LogP contribution in [-0.4, -0.2) is 36.9 Å². The third kappa shape index (κ3) is 6.17. The van der Waals surface area contributed by atoms with E-state index in [0.29, 0.717) is 5.54 Å². The zero-order chi connectivity index (χ0) is 24.1. The molecule has 1 aromatic carbocycles. The Morgan fingerprint density at radius 3 is 2.71 bits per heavy atom. The molecular weight excluding hydrogens is 428 g/mol. The highest BCUT2D eigenvalue weighted by Crippen LogP contribution is 2.63. The second kappa shape index (κ2) is 10.9. The molecule has 3 aliphatic carbocycles. The summed E-state index contributed by atoms with van der Waals surface area (Å²) in [4.78, 5) is 7.66. The fourth-order valence-electron chi connectivity index (χ4n) is 6.29. The first kappa shape index (κ1) is 24.6. The molecule has 1 saturated heterocycles. The Bertz CT molecular complexity index is 1010. The molecule has 0 N–H and O–H groups in total. The third-order valence-electron chi connectivity index (χ3n) is 8.92. The minimum atomic E-state index is 0.635. The van der Waals surface area contributed by atoms with E-state index in [1.54, 1.807) is 7.11 Å². The Kier molecular flexibility index (Phi) is 7.62. The molecule has 3 fully saturated rings. The molecule has 0 unspecified atom stereocenters. The van der Waals surface area contributed by atoms with Gasteiger partial charge in [0.05, 0.1) is 12.8 Å². The first-order valence-electron chi connectivity index (χ1n) is 14.2. The number of methoxy groups -OCH3 is 1. The third-order valence-corrected chi connectivity index (χ3v) is 8.92. The van der Waals surface area contributed by atoms with Gasteiger partial charge in [0, 0.05) is 17.8 Å². The molecule has 3 nitrogen and oxygen atoms in total. The lowest BCUT2D eigenvalue weighted by Crippen LogP contribution is -2.45. The molecule has 0 bridgehead atoms. The van der Waals surface area contributed by atoms with E-state index in [4.69, 9.17) is 9.73 Å². The lowest BCUT2D eigenvalue weighted by molar-refractivity contribution is 0.0821. The van der Waals surface area contributed by atoms with Crippen molar-refractivity contribution in [3.8, 4) is 5.75 Å². The van der Waals surface area contributed by atoms with Gasteiger partial charge in [-0.2, -0.15) is 0 Å². The van der Waals surface area contributed by atoms with Crippen LogP contribution in [0.3, 0.4) is 0 Å². The van der Waals surface area contributed by atoms with Crippen LogP contribution in [0.4, 0.5) is 5.69 Å². The summed E-state index contributed by atoms with van der Waals surface area (Å²) in [6.45, 7) is 4.91. The van der Waals surface area contributed by atoms with Gasteiger partial charge in [-0.15, -0.1) is 0 Å². The molecule has 5 rings (SSSR count). The number of unbranched alkanes of at least 4 members (excludes halogenated alkanes) is 3. The van der Waals surface area contributed by atoms with E-state index in [1.165, 1.54) is 87.6 Å². The number of ether oxygens (including phenoxy) is 1. The van der Waals surface area contributed by atoms with Crippen molar-refractivity contribution in [3.05, 3.63) is 53.6 Å². The van der Waals surface area contributed by atoms with E-state index in [0.717, 1.165) is 42.5 Å². The fraction of sp³-hybridized carbons (Fsp3) is 0.594. The van der Waals surface area contributed by atoms with Crippen molar-refractivity contribution >= 4 is 17.5 Å². The van der Waals surface area contributed by atoms with Gasteiger partial charge in [0.15, 0.2) is 0 Å². The summed E-state index contributed by atoms with van der Waals surface area (Å²) in [6.07, 6.45) is 28.3. The number of hydrogen-bond acceptors (Lipinski definition) is 3. The van der Waals surface area contributed by atoms with Crippen LogP contribution in [0, 0.1) is 5.41 Å². The summed E-state index contributed by atoms with van der Waals surface area (Å²) in [5.41, 5.74) is 6.37. The lowest BCUT2D eigenvalue weighted by atomic mass is 9.86. The van der Waals surface area contributed by atoms with Crippen molar-refractivity contribution in [3.63, 3.8) is 0 Å². The van der Waals surface area contributed by atoms with Gasteiger partial charge in [-0.25, -0.2) is 0 Å². The molecule has 188 valence electrons. The van der Waals surface area contributed by atoms with Gasteiger partial charge >= 0.3 is 0 Å². The maximum absolute atomic E-state index is 5.59. The van der Waals surface area contributed by atoms with Gasteiger partial charge in [-0.1, -0.05) is 43.2 Å². The number of benzene rings is 1. The first-order chi connectivity index (χ1) is 17.1. The molecule has 1 aromatic rings. The monoisotopic (exact) mass is 472 g/mol. The van der Waals surface area contributed by atoms with Crippen LogP contribution in [0.25, 0.3) is 5.57 Å². The van der Waals surface area contributed by atoms with Crippen molar-refractivity contribution in [1.82, 2.24) is 4.90 Å². The largest absolute Gasteiger partial charge is 0.497 e. The van der Waals surface area contributed by atoms with Gasteiger partial charge in [0.25, 0.3) is 0 Å². The summed E-state index contributed by atoms with van der Waals surface area (Å²) in [5.74, 6) is 0.874. The van der Waals surface area contributed by atoms with E-state index >= 15 is 0 Å². The summed E-state index contributed by atoms with van der Waals surface area (Å²) in [7, 11) is 1.74. The Hall–Kier alpha value is -2.13. The zero-order valence-electron chi connectivity index (χ0n) is 22.0. The molecule has 3 heteroatoms. The van der Waals surface area contributed by atoms with Crippen LogP contribution in [0.15, 0.2) is 53.1 Å². The molecule has 0 radical (unpaired) electrons. The predicted molar refractivity (Wildman–Crippen MR) is 149 cm³/mol. The number of hydrogen-bond donors (Lipinski definition) is 0. The molecule has 0 amide bonds. The molecule has 1 aliphatic heterocycles. The summed E-state index contributed by atoms with van der Waals surface area (Å²) in [5, 5.41) is 0. The molecule has 4 aliphatic rings. The predicted octanol–water partition coefficient (Wildman–Crippen LogP) is 8.44. The second-order valence-electron chi connectivity index (χ2n) is 11.5. The van der Waals surface area contributed by atoms with Gasteiger partial charge < -0.3 is 4.74 Å². The normalized spacial score (nSPS) is 25.1. The van der Waals surface area contributed by atoms with Crippen molar-refractivity contribution in [2.45, 2.75) is 95.9 Å². The highest BCUT2D eigenvalue weighted by Gasteiger charge is 2.59. The highest BCUT2D eigenvalue weighted by molar-refractivity contribution is 5.78. The van der Waals surface area contributed by atoms with Gasteiger partial charge in [0.2, 0.25) is 0 Å². The van der Waals surface area contributed by atoms with E-state index in [-0.39, 0.29) is 0 Å². The van der Waals surface area contributed by atoms with Crippen molar-refractivity contribution in [1.29, 1.82) is 0 Å². The number of likely N-dealkylation sites (tertiary alicyclic amines) is 1.